The van der Waals surface area contributed by atoms with E-state index in [9.17, 15) is 4.79 Å². The molecular weight excluding hydrogens is 288 g/mol. The first kappa shape index (κ1) is 15.1. The van der Waals surface area contributed by atoms with Gasteiger partial charge in [0.2, 0.25) is 0 Å². The van der Waals surface area contributed by atoms with Crippen molar-refractivity contribution in [3.8, 4) is 0 Å². The Kier molecular flexibility index (Phi) is 4.83. The molecule has 2 heterocycles. The topological polar surface area (TPSA) is 41.1 Å². The molecule has 108 valence electrons. The minimum atomic E-state index is -0.119. The summed E-state index contributed by atoms with van der Waals surface area (Å²) in [5, 5.41) is 5.89. The molecular formula is C15H20N2OS2. The SMILES string of the molecule is Cc1ccc(CNC(=O)NC(C)c2cc(C)sc2C)s1. The van der Waals surface area contributed by atoms with Gasteiger partial charge >= 0.3 is 6.03 Å². The van der Waals surface area contributed by atoms with E-state index in [-0.39, 0.29) is 12.1 Å². The van der Waals surface area contributed by atoms with Crippen molar-refractivity contribution in [1.82, 2.24) is 10.6 Å². The highest BCUT2D eigenvalue weighted by molar-refractivity contribution is 7.12. The van der Waals surface area contributed by atoms with Crippen molar-refractivity contribution < 1.29 is 4.79 Å². The fourth-order valence-electron chi connectivity index (χ4n) is 2.15. The minimum Gasteiger partial charge on any atom is -0.333 e. The lowest BCUT2D eigenvalue weighted by atomic mass is 10.1. The number of hydrogen-bond donors (Lipinski definition) is 2. The van der Waals surface area contributed by atoms with Crippen LogP contribution in [0.25, 0.3) is 0 Å². The van der Waals surface area contributed by atoms with Gasteiger partial charge in [-0.15, -0.1) is 22.7 Å². The van der Waals surface area contributed by atoms with Crippen molar-refractivity contribution in [2.75, 3.05) is 0 Å². The molecule has 0 bridgehead atoms. The maximum absolute atomic E-state index is 11.9. The van der Waals surface area contributed by atoms with E-state index in [1.165, 1.54) is 25.1 Å². The molecule has 0 aromatic carbocycles. The van der Waals surface area contributed by atoms with E-state index in [0.717, 1.165) is 0 Å². The van der Waals surface area contributed by atoms with E-state index in [1.807, 2.05) is 6.92 Å². The molecule has 2 amide bonds. The van der Waals surface area contributed by atoms with E-state index >= 15 is 0 Å². The molecule has 2 rings (SSSR count). The first-order valence-electron chi connectivity index (χ1n) is 6.62. The fraction of sp³-hybridized carbons (Fsp3) is 0.400. The highest BCUT2D eigenvalue weighted by Crippen LogP contribution is 2.26. The summed E-state index contributed by atoms with van der Waals surface area (Å²) in [4.78, 5) is 16.9. The molecule has 0 saturated heterocycles. The number of carbonyl (C=O) groups is 1. The lowest BCUT2D eigenvalue weighted by Crippen LogP contribution is -2.36. The average molecular weight is 308 g/mol. The van der Waals surface area contributed by atoms with Crippen LogP contribution < -0.4 is 10.6 Å². The second-order valence-electron chi connectivity index (χ2n) is 4.93. The van der Waals surface area contributed by atoms with Gasteiger partial charge in [0.1, 0.15) is 0 Å². The first-order chi connectivity index (χ1) is 9.45. The smallest absolute Gasteiger partial charge is 0.315 e. The van der Waals surface area contributed by atoms with Crippen molar-refractivity contribution in [3.63, 3.8) is 0 Å². The number of nitrogens with one attached hydrogen (secondary N) is 2. The second kappa shape index (κ2) is 6.41. The third-order valence-corrected chi connectivity index (χ3v) is 5.10. The Hall–Kier alpha value is -1.33. The molecule has 2 N–H and O–H groups in total. The molecule has 0 radical (unpaired) electrons. The monoisotopic (exact) mass is 308 g/mol. The summed E-state index contributed by atoms with van der Waals surface area (Å²) >= 11 is 3.48. The van der Waals surface area contributed by atoms with E-state index in [1.54, 1.807) is 22.7 Å². The number of urea groups is 1. The fourth-order valence-corrected chi connectivity index (χ4v) is 4.01. The first-order valence-corrected chi connectivity index (χ1v) is 8.25. The predicted octanol–water partition coefficient (Wildman–Crippen LogP) is 4.30. The molecule has 0 aliphatic heterocycles. The van der Waals surface area contributed by atoms with Gasteiger partial charge in [0, 0.05) is 19.5 Å². The minimum absolute atomic E-state index is 0.0324. The largest absolute Gasteiger partial charge is 0.333 e. The highest BCUT2D eigenvalue weighted by Gasteiger charge is 2.13. The summed E-state index contributed by atoms with van der Waals surface area (Å²) in [5.74, 6) is 0. The molecule has 0 aliphatic carbocycles. The van der Waals surface area contributed by atoms with Crippen molar-refractivity contribution in [3.05, 3.63) is 43.3 Å². The number of carbonyl (C=O) groups excluding carboxylic acids is 1. The van der Waals surface area contributed by atoms with Crippen LogP contribution in [-0.2, 0) is 6.54 Å². The predicted molar refractivity (Wildman–Crippen MR) is 86.6 cm³/mol. The molecule has 1 unspecified atom stereocenters. The van der Waals surface area contributed by atoms with Crippen LogP contribution >= 0.6 is 22.7 Å². The highest BCUT2D eigenvalue weighted by atomic mass is 32.1. The molecule has 0 aliphatic rings. The van der Waals surface area contributed by atoms with Gasteiger partial charge in [0.25, 0.3) is 0 Å². The molecule has 0 fully saturated rings. The van der Waals surface area contributed by atoms with Gasteiger partial charge in [0.05, 0.1) is 12.6 Å². The Bertz CT molecular complexity index is 601. The zero-order valence-electron chi connectivity index (χ0n) is 12.2. The van der Waals surface area contributed by atoms with Crippen molar-refractivity contribution >= 4 is 28.7 Å². The number of hydrogen-bond acceptors (Lipinski definition) is 3. The Morgan fingerprint density at radius 2 is 1.95 bits per heavy atom. The van der Waals surface area contributed by atoms with Gasteiger partial charge in [-0.05, 0) is 51.5 Å². The van der Waals surface area contributed by atoms with Crippen LogP contribution in [0.2, 0.25) is 0 Å². The van der Waals surface area contributed by atoms with Gasteiger partial charge in [-0.3, -0.25) is 0 Å². The third-order valence-electron chi connectivity index (χ3n) is 3.11. The molecule has 20 heavy (non-hydrogen) atoms. The van der Waals surface area contributed by atoms with Crippen molar-refractivity contribution in [2.45, 2.75) is 40.3 Å². The van der Waals surface area contributed by atoms with Crippen LogP contribution in [0.5, 0.6) is 0 Å². The molecule has 0 saturated carbocycles. The van der Waals surface area contributed by atoms with E-state index in [4.69, 9.17) is 0 Å². The van der Waals surface area contributed by atoms with Gasteiger partial charge in [-0.1, -0.05) is 0 Å². The normalized spacial score (nSPS) is 12.2. The quantitative estimate of drug-likeness (QED) is 0.869. The summed E-state index contributed by atoms with van der Waals surface area (Å²) in [6, 6.07) is 6.18. The number of rotatable bonds is 4. The Morgan fingerprint density at radius 1 is 1.20 bits per heavy atom. The summed E-state index contributed by atoms with van der Waals surface area (Å²) in [5.41, 5.74) is 1.20. The number of thiophene rings is 2. The van der Waals surface area contributed by atoms with Crippen molar-refractivity contribution in [2.24, 2.45) is 0 Å². The van der Waals surface area contributed by atoms with E-state index < -0.39 is 0 Å². The lowest BCUT2D eigenvalue weighted by molar-refractivity contribution is 0.237. The maximum atomic E-state index is 11.9. The van der Waals surface area contributed by atoms with Crippen LogP contribution in [0.4, 0.5) is 4.79 Å². The Balaban J connectivity index is 1.86. The lowest BCUT2D eigenvalue weighted by Gasteiger charge is -2.14. The standard InChI is InChI=1S/C15H20N2OS2/c1-9-5-6-13(20-9)8-16-15(18)17-11(3)14-7-10(2)19-12(14)4/h5-7,11H,8H2,1-4H3,(H2,16,17,18). The number of aryl methyl sites for hydroxylation is 3. The Morgan fingerprint density at radius 3 is 2.50 bits per heavy atom. The average Bonchev–Trinajstić information content (AvgIpc) is 2.92. The maximum Gasteiger partial charge on any atom is 0.315 e. The molecule has 2 aromatic rings. The Labute approximate surface area is 128 Å². The molecule has 5 heteroatoms. The summed E-state index contributed by atoms with van der Waals surface area (Å²) in [6.45, 7) is 8.85. The number of amides is 2. The van der Waals surface area contributed by atoms with Gasteiger partial charge in [-0.25, -0.2) is 4.79 Å². The van der Waals surface area contributed by atoms with Gasteiger partial charge in [-0.2, -0.15) is 0 Å². The second-order valence-corrected chi connectivity index (χ2v) is 7.76. The van der Waals surface area contributed by atoms with Crippen LogP contribution in [0.1, 0.15) is 38.0 Å². The summed E-state index contributed by atoms with van der Waals surface area (Å²) in [7, 11) is 0. The zero-order chi connectivity index (χ0) is 14.7. The molecule has 3 nitrogen and oxygen atoms in total. The van der Waals surface area contributed by atoms with Crippen LogP contribution in [0.15, 0.2) is 18.2 Å². The van der Waals surface area contributed by atoms with E-state index in [0.29, 0.717) is 6.54 Å². The van der Waals surface area contributed by atoms with Crippen LogP contribution in [-0.4, -0.2) is 6.03 Å². The summed E-state index contributed by atoms with van der Waals surface area (Å²) in [6.07, 6.45) is 0. The van der Waals surface area contributed by atoms with Gasteiger partial charge < -0.3 is 10.6 Å². The van der Waals surface area contributed by atoms with Crippen LogP contribution in [0, 0.1) is 20.8 Å². The summed E-state index contributed by atoms with van der Waals surface area (Å²) < 4.78 is 0. The molecule has 1 atom stereocenters. The molecule has 0 spiro atoms. The zero-order valence-corrected chi connectivity index (χ0v) is 13.9. The molecule has 2 aromatic heterocycles. The van der Waals surface area contributed by atoms with Crippen molar-refractivity contribution in [1.29, 1.82) is 0 Å². The van der Waals surface area contributed by atoms with Gasteiger partial charge in [0.15, 0.2) is 0 Å². The third kappa shape index (κ3) is 3.84. The van der Waals surface area contributed by atoms with E-state index in [2.05, 4.69) is 49.6 Å². The van der Waals surface area contributed by atoms with Crippen LogP contribution in [0.3, 0.4) is 0 Å².